The van der Waals surface area contributed by atoms with Gasteiger partial charge in [-0.3, -0.25) is 5.01 Å². The third kappa shape index (κ3) is 5.79. The van der Waals surface area contributed by atoms with E-state index in [-0.39, 0.29) is 13.0 Å². The number of benzene rings is 6. The molecule has 0 amide bonds. The van der Waals surface area contributed by atoms with E-state index in [1.165, 1.54) is 0 Å². The molecule has 268 valence electrons. The van der Waals surface area contributed by atoms with Crippen LogP contribution in [0.4, 0.5) is 0 Å². The van der Waals surface area contributed by atoms with Gasteiger partial charge in [-0.05, 0) is 33.4 Å². The molecule has 0 aliphatic carbocycles. The van der Waals surface area contributed by atoms with E-state index in [9.17, 15) is 4.79 Å². The molecule has 2 atom stereocenters. The van der Waals surface area contributed by atoms with Crippen LogP contribution in [0.25, 0.3) is 0 Å². The van der Waals surface area contributed by atoms with Crippen LogP contribution in [0.1, 0.15) is 53.6 Å². The Morgan fingerprint density at radius 2 is 0.963 bits per heavy atom. The molecule has 8 rings (SSSR count). The Bertz CT molecular complexity index is 2050. The fourth-order valence-corrected chi connectivity index (χ4v) is 8.36. The van der Waals surface area contributed by atoms with Gasteiger partial charge in [-0.15, -0.1) is 0 Å². The monoisotopic (exact) mass is 710 g/mol. The average Bonchev–Trinajstić information content (AvgIpc) is 3.78. The van der Waals surface area contributed by atoms with Gasteiger partial charge in [0.25, 0.3) is 0 Å². The summed E-state index contributed by atoms with van der Waals surface area (Å²) < 4.78 is 11.7. The van der Waals surface area contributed by atoms with Gasteiger partial charge in [-0.2, -0.15) is 5.10 Å². The zero-order valence-electron chi connectivity index (χ0n) is 30.4. The number of rotatable bonds is 10. The molecule has 0 spiro atoms. The van der Waals surface area contributed by atoms with Crippen LogP contribution in [0.3, 0.4) is 0 Å². The molecule has 2 aliphatic rings. The van der Waals surface area contributed by atoms with E-state index in [1.54, 1.807) is 0 Å². The predicted molar refractivity (Wildman–Crippen MR) is 211 cm³/mol. The van der Waals surface area contributed by atoms with Crippen LogP contribution >= 0.6 is 0 Å². The zero-order chi connectivity index (χ0) is 37.2. The number of ether oxygens (including phenoxy) is 2. The van der Waals surface area contributed by atoms with E-state index in [1.807, 2.05) is 128 Å². The molecule has 54 heavy (non-hydrogen) atoms. The SMILES string of the molecule is CC1(C)COC(=O)[C@@H]1OC(=O)C1CC(C(c2ccccc2)(c2ccccc2)c2ccccc2)=NN1C(c1ccccc1)(c1ccccc1)c1ccccc1. The number of nitrogens with zero attached hydrogens (tertiary/aromatic N) is 2. The van der Waals surface area contributed by atoms with E-state index in [0.717, 1.165) is 39.1 Å². The van der Waals surface area contributed by atoms with Gasteiger partial charge in [-0.1, -0.05) is 196 Å². The Hall–Kier alpha value is -6.27. The summed E-state index contributed by atoms with van der Waals surface area (Å²) in [7, 11) is 0. The van der Waals surface area contributed by atoms with Gasteiger partial charge < -0.3 is 9.47 Å². The maximum atomic E-state index is 15.1. The molecule has 0 aromatic heterocycles. The van der Waals surface area contributed by atoms with E-state index < -0.39 is 40.5 Å². The van der Waals surface area contributed by atoms with Gasteiger partial charge >= 0.3 is 11.9 Å². The standard InChI is InChI=1S/C48H42N2O4/c1-46(2)34-53-45(52)43(46)54-44(51)41-33-42(47(35-21-9-3-10-22-35,36-23-11-4-12-24-36)37-25-13-5-14-26-37)49-50(41)48(38-27-15-6-16-28-38,39-29-17-7-18-30-39)40-31-19-8-20-32-40/h3-32,41,43H,33-34H2,1-2H3/t41?,43-/m0/s1. The fourth-order valence-electron chi connectivity index (χ4n) is 8.36. The van der Waals surface area contributed by atoms with Gasteiger partial charge in [0, 0.05) is 11.8 Å². The lowest BCUT2D eigenvalue weighted by Gasteiger charge is -2.44. The van der Waals surface area contributed by atoms with Crippen molar-refractivity contribution in [2.75, 3.05) is 6.61 Å². The molecule has 2 heterocycles. The van der Waals surface area contributed by atoms with Crippen molar-refractivity contribution in [2.45, 2.75) is 43.4 Å². The van der Waals surface area contributed by atoms with Crippen LogP contribution in [0.15, 0.2) is 187 Å². The predicted octanol–water partition coefficient (Wildman–Crippen LogP) is 8.94. The van der Waals surface area contributed by atoms with Crippen LogP contribution in [0.5, 0.6) is 0 Å². The lowest BCUT2D eigenvalue weighted by molar-refractivity contribution is -0.168. The zero-order valence-corrected chi connectivity index (χ0v) is 30.4. The highest BCUT2D eigenvalue weighted by Gasteiger charge is 2.56. The minimum atomic E-state index is -1.10. The van der Waals surface area contributed by atoms with Crippen molar-refractivity contribution in [3.05, 3.63) is 215 Å². The van der Waals surface area contributed by atoms with Gasteiger partial charge in [0.05, 0.1) is 11.1 Å². The summed E-state index contributed by atoms with van der Waals surface area (Å²) in [5, 5.41) is 7.72. The third-order valence-corrected chi connectivity index (χ3v) is 10.9. The maximum Gasteiger partial charge on any atom is 0.348 e. The van der Waals surface area contributed by atoms with Crippen molar-refractivity contribution >= 4 is 17.7 Å². The highest BCUT2D eigenvalue weighted by molar-refractivity contribution is 6.05. The van der Waals surface area contributed by atoms with E-state index in [4.69, 9.17) is 14.6 Å². The van der Waals surface area contributed by atoms with Crippen LogP contribution in [-0.2, 0) is 30.0 Å². The quantitative estimate of drug-likeness (QED) is 0.105. The van der Waals surface area contributed by atoms with Gasteiger partial charge in [0.15, 0.2) is 6.04 Å². The van der Waals surface area contributed by atoms with Gasteiger partial charge in [0.2, 0.25) is 6.10 Å². The number of hydrazone groups is 1. The van der Waals surface area contributed by atoms with Crippen LogP contribution in [0, 0.1) is 5.41 Å². The third-order valence-electron chi connectivity index (χ3n) is 10.9. The first-order valence-electron chi connectivity index (χ1n) is 18.4. The molecule has 0 N–H and O–H groups in total. The Morgan fingerprint density at radius 1 is 0.611 bits per heavy atom. The molecular formula is C48H42N2O4. The number of hydrogen-bond donors (Lipinski definition) is 0. The van der Waals surface area contributed by atoms with E-state index >= 15 is 4.79 Å². The molecule has 1 fully saturated rings. The Labute approximate surface area is 316 Å². The van der Waals surface area contributed by atoms with Crippen molar-refractivity contribution in [2.24, 2.45) is 10.5 Å². The Kier molecular flexibility index (Phi) is 9.20. The topological polar surface area (TPSA) is 68.2 Å². The average molecular weight is 711 g/mol. The Balaban J connectivity index is 1.45. The normalized spacial score (nSPS) is 18.1. The maximum absolute atomic E-state index is 15.1. The van der Waals surface area contributed by atoms with Crippen LogP contribution < -0.4 is 0 Å². The summed E-state index contributed by atoms with van der Waals surface area (Å²) >= 11 is 0. The summed E-state index contributed by atoms with van der Waals surface area (Å²) in [4.78, 5) is 28.2. The summed E-state index contributed by atoms with van der Waals surface area (Å²) in [6, 6.07) is 60.8. The van der Waals surface area contributed by atoms with Crippen molar-refractivity contribution < 1.29 is 19.1 Å². The Morgan fingerprint density at radius 3 is 1.30 bits per heavy atom. The number of esters is 2. The molecule has 0 bridgehead atoms. The van der Waals surface area contributed by atoms with Crippen LogP contribution in [-0.4, -0.2) is 41.4 Å². The fraction of sp³-hybridized carbons (Fsp3) is 0.188. The molecule has 6 aromatic carbocycles. The van der Waals surface area contributed by atoms with Crippen molar-refractivity contribution in [1.82, 2.24) is 5.01 Å². The second-order valence-electron chi connectivity index (χ2n) is 14.7. The number of cyclic esters (lactones) is 1. The molecule has 1 unspecified atom stereocenters. The number of carbonyl (C=O) groups is 2. The minimum absolute atomic E-state index is 0.168. The van der Waals surface area contributed by atoms with E-state index in [2.05, 4.69) is 72.8 Å². The lowest BCUT2D eigenvalue weighted by atomic mass is 9.65. The van der Waals surface area contributed by atoms with Crippen molar-refractivity contribution in [1.29, 1.82) is 0 Å². The first-order chi connectivity index (χ1) is 26.4. The van der Waals surface area contributed by atoms with Gasteiger partial charge in [0.1, 0.15) is 12.1 Å². The number of carbonyl (C=O) groups excluding carboxylic acids is 2. The second-order valence-corrected chi connectivity index (χ2v) is 14.7. The number of hydrogen-bond acceptors (Lipinski definition) is 6. The molecule has 6 heteroatoms. The lowest BCUT2D eigenvalue weighted by Crippen LogP contribution is -2.52. The molecule has 6 aromatic rings. The minimum Gasteiger partial charge on any atom is -0.462 e. The summed E-state index contributed by atoms with van der Waals surface area (Å²) in [6.07, 6.45) is -0.842. The largest absolute Gasteiger partial charge is 0.462 e. The van der Waals surface area contributed by atoms with Crippen molar-refractivity contribution in [3.63, 3.8) is 0 Å². The molecule has 0 saturated carbocycles. The second kappa shape index (κ2) is 14.3. The smallest absolute Gasteiger partial charge is 0.348 e. The van der Waals surface area contributed by atoms with Crippen molar-refractivity contribution in [3.8, 4) is 0 Å². The first-order valence-corrected chi connectivity index (χ1v) is 18.4. The highest BCUT2D eigenvalue weighted by atomic mass is 16.6. The van der Waals surface area contributed by atoms with Gasteiger partial charge in [-0.25, -0.2) is 9.59 Å². The summed E-state index contributed by atoms with van der Waals surface area (Å²) in [6.45, 7) is 3.94. The first kappa shape index (κ1) is 34.8. The summed E-state index contributed by atoms with van der Waals surface area (Å²) in [5.41, 5.74) is 3.89. The van der Waals surface area contributed by atoms with E-state index in [0.29, 0.717) is 0 Å². The molecule has 1 saturated heterocycles. The highest BCUT2D eigenvalue weighted by Crippen LogP contribution is 2.50. The molecule has 6 nitrogen and oxygen atoms in total. The summed E-state index contributed by atoms with van der Waals surface area (Å²) in [5.74, 6) is -1.08. The molecular weight excluding hydrogens is 669 g/mol. The van der Waals surface area contributed by atoms with Crippen LogP contribution in [0.2, 0.25) is 0 Å². The molecule has 2 aliphatic heterocycles. The molecule has 0 radical (unpaired) electrons.